The average molecular weight is 400 g/mol. The summed E-state index contributed by atoms with van der Waals surface area (Å²) >= 11 is 5.89. The Balaban J connectivity index is 2.01. The van der Waals surface area contributed by atoms with Gasteiger partial charge in [-0.3, -0.25) is 9.08 Å². The summed E-state index contributed by atoms with van der Waals surface area (Å²) in [6, 6.07) is 11.4. The van der Waals surface area contributed by atoms with E-state index in [2.05, 4.69) is 0 Å². The summed E-state index contributed by atoms with van der Waals surface area (Å²) in [6.07, 6.45) is -0.726. The van der Waals surface area contributed by atoms with Crippen LogP contribution >= 0.6 is 11.6 Å². The number of nitrogens with zero attached hydrogens (tertiary/aromatic N) is 1. The lowest BCUT2D eigenvalue weighted by molar-refractivity contribution is 0.0943. The van der Waals surface area contributed by atoms with Crippen LogP contribution in [0.1, 0.15) is 11.6 Å². The number of cyclic esters (lactones) is 1. The zero-order valence-electron chi connectivity index (χ0n) is 13.6. The van der Waals surface area contributed by atoms with Gasteiger partial charge in [0.25, 0.3) is 10.1 Å². The van der Waals surface area contributed by atoms with E-state index in [1.54, 1.807) is 30.3 Å². The highest BCUT2D eigenvalue weighted by atomic mass is 35.5. The van der Waals surface area contributed by atoms with Crippen molar-refractivity contribution in [3.8, 4) is 0 Å². The fraction of sp³-hybridized carbons (Fsp3) is 0.235. The molecule has 1 amide bonds. The molecule has 6 nitrogen and oxygen atoms in total. The second-order valence-corrected chi connectivity index (χ2v) is 7.84. The molecule has 0 spiro atoms. The minimum atomic E-state index is -3.73. The monoisotopic (exact) mass is 399 g/mol. The van der Waals surface area contributed by atoms with Crippen LogP contribution in [0.2, 0.25) is 5.02 Å². The molecule has 0 aliphatic carbocycles. The Kier molecular flexibility index (Phi) is 5.17. The Labute approximate surface area is 155 Å². The summed E-state index contributed by atoms with van der Waals surface area (Å²) in [7, 11) is -3.73. The largest absolute Gasteiger partial charge is 0.441 e. The third-order valence-electron chi connectivity index (χ3n) is 3.82. The number of carbonyl (C=O) groups is 1. The van der Waals surface area contributed by atoms with Crippen LogP contribution in [-0.2, 0) is 19.0 Å². The first-order chi connectivity index (χ1) is 12.2. The zero-order chi connectivity index (χ0) is 18.9. The van der Waals surface area contributed by atoms with E-state index in [1.807, 2.05) is 0 Å². The quantitative estimate of drug-likeness (QED) is 0.719. The predicted octanol–water partition coefficient (Wildman–Crippen LogP) is 3.52. The van der Waals surface area contributed by atoms with Crippen LogP contribution in [0.3, 0.4) is 0 Å². The highest BCUT2D eigenvalue weighted by molar-refractivity contribution is 7.85. The number of carbonyl (C=O) groups excluding carboxylic acids is 1. The van der Waals surface area contributed by atoms with Gasteiger partial charge in [-0.1, -0.05) is 23.7 Å². The van der Waals surface area contributed by atoms with Crippen molar-refractivity contribution in [1.29, 1.82) is 0 Å². The smallest absolute Gasteiger partial charge is 0.415 e. The van der Waals surface area contributed by atoms with E-state index in [-0.39, 0.29) is 6.61 Å². The molecule has 0 unspecified atom stereocenters. The van der Waals surface area contributed by atoms with Gasteiger partial charge in [0.05, 0.1) is 6.26 Å². The van der Waals surface area contributed by atoms with Crippen molar-refractivity contribution in [3.63, 3.8) is 0 Å². The van der Waals surface area contributed by atoms with Gasteiger partial charge in [-0.25, -0.2) is 9.18 Å². The standard InChI is InChI=1S/C17H15ClFNO5S/c1-26(22,23)24-10-15-16(11-3-2-4-13(19)9-11)20(17(21)25-15)14-7-5-12(18)6-8-14/h2-9,15-16H,10H2,1H3/t15-,16-/m0/s1. The second kappa shape index (κ2) is 7.22. The number of ether oxygens (including phenoxy) is 1. The van der Waals surface area contributed by atoms with E-state index >= 15 is 0 Å². The van der Waals surface area contributed by atoms with Crippen molar-refractivity contribution in [1.82, 2.24) is 0 Å². The topological polar surface area (TPSA) is 72.9 Å². The summed E-state index contributed by atoms with van der Waals surface area (Å²) in [5.74, 6) is -0.485. The third kappa shape index (κ3) is 4.14. The molecule has 0 N–H and O–H groups in total. The van der Waals surface area contributed by atoms with E-state index in [0.717, 1.165) is 6.26 Å². The molecule has 1 heterocycles. The minimum absolute atomic E-state index is 0.379. The maximum Gasteiger partial charge on any atom is 0.415 e. The van der Waals surface area contributed by atoms with Gasteiger partial charge in [0.1, 0.15) is 18.5 Å². The molecule has 0 radical (unpaired) electrons. The molecule has 9 heteroatoms. The van der Waals surface area contributed by atoms with E-state index in [0.29, 0.717) is 16.3 Å². The van der Waals surface area contributed by atoms with Gasteiger partial charge in [0, 0.05) is 10.7 Å². The number of hydrogen-bond acceptors (Lipinski definition) is 5. The van der Waals surface area contributed by atoms with Crippen LogP contribution in [-0.4, -0.2) is 33.5 Å². The van der Waals surface area contributed by atoms with E-state index in [4.69, 9.17) is 20.5 Å². The number of anilines is 1. The van der Waals surface area contributed by atoms with Crippen LogP contribution in [0.15, 0.2) is 48.5 Å². The molecule has 3 rings (SSSR count). The number of amides is 1. The molecule has 0 saturated carbocycles. The molecular weight excluding hydrogens is 385 g/mol. The first-order valence-electron chi connectivity index (χ1n) is 7.60. The Bertz CT molecular complexity index is 919. The molecular formula is C17H15ClFNO5S. The predicted molar refractivity (Wildman–Crippen MR) is 94.1 cm³/mol. The fourth-order valence-corrected chi connectivity index (χ4v) is 3.28. The molecule has 2 aromatic carbocycles. The normalized spacial score (nSPS) is 20.3. The first-order valence-corrected chi connectivity index (χ1v) is 9.79. The van der Waals surface area contributed by atoms with Crippen LogP contribution in [0.5, 0.6) is 0 Å². The zero-order valence-corrected chi connectivity index (χ0v) is 15.2. The number of halogens is 2. The van der Waals surface area contributed by atoms with Gasteiger partial charge in [0.15, 0.2) is 6.10 Å². The molecule has 0 bridgehead atoms. The third-order valence-corrected chi connectivity index (χ3v) is 4.64. The maximum absolute atomic E-state index is 13.7. The second-order valence-electron chi connectivity index (χ2n) is 5.76. The number of hydrogen-bond donors (Lipinski definition) is 0. The van der Waals surface area contributed by atoms with Gasteiger partial charge in [-0.15, -0.1) is 0 Å². The van der Waals surface area contributed by atoms with Crippen LogP contribution < -0.4 is 4.90 Å². The van der Waals surface area contributed by atoms with Crippen molar-refractivity contribution in [2.45, 2.75) is 12.1 Å². The molecule has 138 valence electrons. The van der Waals surface area contributed by atoms with Gasteiger partial charge in [0.2, 0.25) is 0 Å². The summed E-state index contributed by atoms with van der Waals surface area (Å²) in [5.41, 5.74) is 0.934. The maximum atomic E-state index is 13.7. The van der Waals surface area contributed by atoms with Crippen molar-refractivity contribution >= 4 is 33.5 Å². The van der Waals surface area contributed by atoms with E-state index in [1.165, 1.54) is 23.1 Å². The Hall–Kier alpha value is -2.16. The summed E-state index contributed by atoms with van der Waals surface area (Å²) in [5, 5.41) is 0.487. The number of benzene rings is 2. The first kappa shape index (κ1) is 18.6. The van der Waals surface area contributed by atoms with Gasteiger partial charge in [-0.2, -0.15) is 8.42 Å². The lowest BCUT2D eigenvalue weighted by Gasteiger charge is -2.25. The Morgan fingerprint density at radius 1 is 1.23 bits per heavy atom. The lowest BCUT2D eigenvalue weighted by Crippen LogP contribution is -2.31. The molecule has 2 aromatic rings. The highest BCUT2D eigenvalue weighted by Crippen LogP contribution is 2.38. The van der Waals surface area contributed by atoms with Gasteiger partial charge in [-0.05, 0) is 42.0 Å². The van der Waals surface area contributed by atoms with Gasteiger partial charge < -0.3 is 4.74 Å². The molecule has 2 atom stereocenters. The van der Waals surface area contributed by atoms with Crippen molar-refractivity contribution in [2.75, 3.05) is 17.8 Å². The fourth-order valence-electron chi connectivity index (χ4n) is 2.77. The molecule has 1 aliphatic heterocycles. The van der Waals surface area contributed by atoms with Crippen molar-refractivity contribution < 1.29 is 26.5 Å². The molecule has 1 fully saturated rings. The minimum Gasteiger partial charge on any atom is -0.441 e. The molecule has 1 aliphatic rings. The summed E-state index contributed by atoms with van der Waals surface area (Å²) in [6.45, 7) is -0.379. The number of rotatable bonds is 5. The van der Waals surface area contributed by atoms with E-state index < -0.39 is 34.2 Å². The van der Waals surface area contributed by atoms with Gasteiger partial charge >= 0.3 is 6.09 Å². The Morgan fingerprint density at radius 3 is 2.54 bits per heavy atom. The molecule has 26 heavy (non-hydrogen) atoms. The molecule has 0 aromatic heterocycles. The van der Waals surface area contributed by atoms with Crippen LogP contribution in [0.4, 0.5) is 14.9 Å². The average Bonchev–Trinajstić information content (AvgIpc) is 2.90. The van der Waals surface area contributed by atoms with E-state index in [9.17, 15) is 17.6 Å². The van der Waals surface area contributed by atoms with Crippen LogP contribution in [0.25, 0.3) is 0 Å². The highest BCUT2D eigenvalue weighted by Gasteiger charge is 2.44. The lowest BCUT2D eigenvalue weighted by atomic mass is 10.0. The Morgan fingerprint density at radius 2 is 1.92 bits per heavy atom. The summed E-state index contributed by atoms with van der Waals surface area (Å²) < 4.78 is 46.4. The van der Waals surface area contributed by atoms with Crippen molar-refractivity contribution in [3.05, 3.63) is 64.9 Å². The molecule has 1 saturated heterocycles. The van der Waals surface area contributed by atoms with Crippen LogP contribution in [0, 0.1) is 5.82 Å². The summed E-state index contributed by atoms with van der Waals surface area (Å²) in [4.78, 5) is 13.8. The van der Waals surface area contributed by atoms with Crippen molar-refractivity contribution in [2.24, 2.45) is 0 Å². The SMILES string of the molecule is CS(=O)(=O)OC[C@@H]1OC(=O)N(c2ccc(Cl)cc2)[C@H]1c1cccc(F)c1.